The predicted molar refractivity (Wildman–Crippen MR) is 70.4 cm³/mol. The molecule has 6 nitrogen and oxygen atoms in total. The van der Waals surface area contributed by atoms with Gasteiger partial charge in [0.15, 0.2) is 4.96 Å². The minimum absolute atomic E-state index is 0.340. The van der Waals surface area contributed by atoms with Crippen molar-refractivity contribution in [2.45, 2.75) is 0 Å². The Bertz CT molecular complexity index is 865. The van der Waals surface area contributed by atoms with Crippen LogP contribution in [0.5, 0.6) is 5.75 Å². The minimum Gasteiger partial charge on any atom is -0.497 e. The summed E-state index contributed by atoms with van der Waals surface area (Å²) in [5, 5.41) is 8.95. The molecule has 0 radical (unpaired) electrons. The smallest absolute Gasteiger partial charge is 0.342 e. The first kappa shape index (κ1) is 11.7. The van der Waals surface area contributed by atoms with E-state index in [0.29, 0.717) is 16.2 Å². The molecule has 0 aliphatic rings. The Labute approximate surface area is 110 Å². The fourth-order valence-electron chi connectivity index (χ4n) is 1.86. The van der Waals surface area contributed by atoms with E-state index in [1.54, 1.807) is 25.3 Å². The standard InChI is InChI=1S/C12H8N2O4S/c1-18-6-2-3-8-9(4-6)19-12-13-5-7(11(16)17)10(15)14(8)12/h2-5H,1H3,(H,16,17). The van der Waals surface area contributed by atoms with Gasteiger partial charge in [0.1, 0.15) is 11.3 Å². The first-order valence-electron chi connectivity index (χ1n) is 5.33. The topological polar surface area (TPSA) is 80.9 Å². The first-order valence-corrected chi connectivity index (χ1v) is 6.15. The highest BCUT2D eigenvalue weighted by atomic mass is 32.1. The number of hydrogen-bond donors (Lipinski definition) is 1. The Kier molecular flexibility index (Phi) is 2.49. The third kappa shape index (κ3) is 1.66. The molecule has 2 aromatic heterocycles. The van der Waals surface area contributed by atoms with Crippen LogP contribution in [0.4, 0.5) is 0 Å². The molecule has 1 N–H and O–H groups in total. The van der Waals surface area contributed by atoms with Crippen molar-refractivity contribution in [3.8, 4) is 5.75 Å². The first-order chi connectivity index (χ1) is 9.11. The average Bonchev–Trinajstić information content (AvgIpc) is 2.76. The van der Waals surface area contributed by atoms with Gasteiger partial charge in [-0.05, 0) is 18.2 Å². The van der Waals surface area contributed by atoms with E-state index in [2.05, 4.69) is 4.98 Å². The van der Waals surface area contributed by atoms with Crippen molar-refractivity contribution in [3.63, 3.8) is 0 Å². The SMILES string of the molecule is COc1ccc2c(c1)sc1ncc(C(=O)O)c(=O)n12. The van der Waals surface area contributed by atoms with Crippen LogP contribution in [0.15, 0.2) is 29.2 Å². The zero-order valence-corrected chi connectivity index (χ0v) is 10.6. The van der Waals surface area contributed by atoms with Gasteiger partial charge < -0.3 is 9.84 Å². The van der Waals surface area contributed by atoms with E-state index >= 15 is 0 Å². The molecule has 0 aliphatic heterocycles. The van der Waals surface area contributed by atoms with Crippen LogP contribution in [-0.4, -0.2) is 27.6 Å². The number of benzene rings is 1. The summed E-state index contributed by atoms with van der Waals surface area (Å²) < 4.78 is 7.24. The molecule has 0 fully saturated rings. The minimum atomic E-state index is -1.28. The molecule has 0 atom stereocenters. The molecule has 0 aliphatic carbocycles. The number of fused-ring (bicyclic) bond motifs is 3. The van der Waals surface area contributed by atoms with Crippen LogP contribution in [0, 0.1) is 0 Å². The lowest BCUT2D eigenvalue weighted by Crippen LogP contribution is -2.21. The lowest BCUT2D eigenvalue weighted by Gasteiger charge is -1.99. The van der Waals surface area contributed by atoms with Gasteiger partial charge >= 0.3 is 5.97 Å². The van der Waals surface area contributed by atoms with Gasteiger partial charge in [0.25, 0.3) is 5.56 Å². The van der Waals surface area contributed by atoms with Gasteiger partial charge in [-0.2, -0.15) is 0 Å². The lowest BCUT2D eigenvalue weighted by atomic mass is 10.3. The number of methoxy groups -OCH3 is 1. The molecule has 0 spiro atoms. The van der Waals surface area contributed by atoms with Crippen molar-refractivity contribution in [2.24, 2.45) is 0 Å². The van der Waals surface area contributed by atoms with E-state index < -0.39 is 11.5 Å². The Morgan fingerprint density at radius 2 is 2.26 bits per heavy atom. The molecule has 0 saturated heterocycles. The summed E-state index contributed by atoms with van der Waals surface area (Å²) in [6, 6.07) is 5.22. The number of ether oxygens (including phenoxy) is 1. The molecule has 3 aromatic rings. The normalized spacial score (nSPS) is 11.0. The van der Waals surface area contributed by atoms with Crippen LogP contribution in [0.1, 0.15) is 10.4 Å². The summed E-state index contributed by atoms with van der Waals surface area (Å²) in [7, 11) is 1.56. The molecule has 1 aromatic carbocycles. The number of aromatic nitrogens is 2. The van der Waals surface area contributed by atoms with Crippen LogP contribution in [0.25, 0.3) is 15.2 Å². The quantitative estimate of drug-likeness (QED) is 0.769. The Balaban J connectivity index is 2.46. The van der Waals surface area contributed by atoms with Crippen LogP contribution >= 0.6 is 11.3 Å². The van der Waals surface area contributed by atoms with Gasteiger partial charge in [-0.25, -0.2) is 9.78 Å². The summed E-state index contributed by atoms with van der Waals surface area (Å²) >= 11 is 1.30. The molecule has 96 valence electrons. The van der Waals surface area contributed by atoms with Gasteiger partial charge in [-0.15, -0.1) is 0 Å². The molecule has 0 saturated carbocycles. The summed E-state index contributed by atoms with van der Waals surface area (Å²) in [6.45, 7) is 0. The molecule has 0 bridgehead atoms. The Hall–Kier alpha value is -2.41. The van der Waals surface area contributed by atoms with E-state index in [9.17, 15) is 9.59 Å². The third-order valence-corrected chi connectivity index (χ3v) is 3.79. The highest BCUT2D eigenvalue weighted by molar-refractivity contribution is 7.23. The second kappa shape index (κ2) is 4.06. The summed E-state index contributed by atoms with van der Waals surface area (Å²) in [5.74, 6) is -0.606. The summed E-state index contributed by atoms with van der Waals surface area (Å²) in [5.41, 5.74) is -0.289. The fraction of sp³-hybridized carbons (Fsp3) is 0.0833. The van der Waals surface area contributed by atoms with Crippen LogP contribution in [-0.2, 0) is 0 Å². The second-order valence-electron chi connectivity index (χ2n) is 3.84. The van der Waals surface area contributed by atoms with Crippen molar-refractivity contribution in [1.29, 1.82) is 0 Å². The zero-order chi connectivity index (χ0) is 13.6. The van der Waals surface area contributed by atoms with E-state index in [0.717, 1.165) is 10.9 Å². The molecule has 19 heavy (non-hydrogen) atoms. The van der Waals surface area contributed by atoms with E-state index in [1.807, 2.05) is 0 Å². The Morgan fingerprint density at radius 1 is 1.47 bits per heavy atom. The van der Waals surface area contributed by atoms with E-state index in [1.165, 1.54) is 15.7 Å². The van der Waals surface area contributed by atoms with Gasteiger partial charge in [0, 0.05) is 0 Å². The largest absolute Gasteiger partial charge is 0.497 e. The monoisotopic (exact) mass is 276 g/mol. The number of carboxylic acids is 1. The van der Waals surface area contributed by atoms with Crippen molar-refractivity contribution in [2.75, 3.05) is 7.11 Å². The third-order valence-electron chi connectivity index (χ3n) is 2.77. The number of thiazole rings is 1. The average molecular weight is 276 g/mol. The number of carboxylic acid groups (broad SMARTS) is 1. The maximum Gasteiger partial charge on any atom is 0.342 e. The van der Waals surface area contributed by atoms with Crippen molar-refractivity contribution >= 4 is 32.5 Å². The molecule has 3 rings (SSSR count). The van der Waals surface area contributed by atoms with Gasteiger partial charge in [0.05, 0.1) is 23.5 Å². The fourth-order valence-corrected chi connectivity index (χ4v) is 2.87. The zero-order valence-electron chi connectivity index (χ0n) is 9.78. The van der Waals surface area contributed by atoms with Crippen LogP contribution < -0.4 is 10.3 Å². The molecular weight excluding hydrogens is 268 g/mol. The molecule has 0 amide bonds. The molecular formula is C12H8N2O4S. The van der Waals surface area contributed by atoms with Gasteiger partial charge in [-0.1, -0.05) is 11.3 Å². The van der Waals surface area contributed by atoms with Crippen molar-refractivity contribution in [3.05, 3.63) is 40.3 Å². The maximum atomic E-state index is 12.1. The summed E-state index contributed by atoms with van der Waals surface area (Å²) in [4.78, 5) is 27.5. The number of rotatable bonds is 2. The maximum absolute atomic E-state index is 12.1. The predicted octanol–water partition coefficient (Wildman–Crippen LogP) is 1.62. The van der Waals surface area contributed by atoms with Gasteiger partial charge in [-0.3, -0.25) is 9.20 Å². The van der Waals surface area contributed by atoms with Crippen molar-refractivity contribution < 1.29 is 14.6 Å². The molecule has 2 heterocycles. The lowest BCUT2D eigenvalue weighted by molar-refractivity contribution is 0.0694. The van der Waals surface area contributed by atoms with Crippen molar-refractivity contribution in [1.82, 2.24) is 9.38 Å². The molecule has 0 unspecified atom stereocenters. The second-order valence-corrected chi connectivity index (χ2v) is 4.84. The van der Waals surface area contributed by atoms with Gasteiger partial charge in [0.2, 0.25) is 0 Å². The number of nitrogens with zero attached hydrogens (tertiary/aromatic N) is 2. The summed E-state index contributed by atoms with van der Waals surface area (Å²) in [6.07, 6.45) is 1.09. The number of carbonyl (C=O) groups is 1. The highest BCUT2D eigenvalue weighted by Gasteiger charge is 2.15. The number of hydrogen-bond acceptors (Lipinski definition) is 5. The molecule has 7 heteroatoms. The highest BCUT2D eigenvalue weighted by Crippen LogP contribution is 2.27. The van der Waals surface area contributed by atoms with E-state index in [-0.39, 0.29) is 5.56 Å². The number of aromatic carboxylic acids is 1. The van der Waals surface area contributed by atoms with Crippen LogP contribution in [0.3, 0.4) is 0 Å². The van der Waals surface area contributed by atoms with Crippen LogP contribution in [0.2, 0.25) is 0 Å². The Morgan fingerprint density at radius 3 is 2.95 bits per heavy atom. The van der Waals surface area contributed by atoms with E-state index in [4.69, 9.17) is 9.84 Å².